The molecule has 1 saturated carbocycles. The van der Waals surface area contributed by atoms with Gasteiger partial charge in [0, 0.05) is 5.54 Å². The van der Waals surface area contributed by atoms with Crippen LogP contribution in [0.4, 0.5) is 0 Å². The zero-order valence-corrected chi connectivity index (χ0v) is 6.09. The van der Waals surface area contributed by atoms with Gasteiger partial charge in [-0.05, 0) is 25.7 Å². The Morgan fingerprint density at radius 1 is 1.56 bits per heavy atom. The topological polar surface area (TPSA) is 46.2 Å². The molecule has 2 heteroatoms. The first-order chi connectivity index (χ1) is 4.01. The minimum atomic E-state index is -0.167. The lowest BCUT2D eigenvalue weighted by atomic mass is 10.0. The summed E-state index contributed by atoms with van der Waals surface area (Å²) in [4.78, 5) is 0. The molecule has 0 unspecified atom stereocenters. The van der Waals surface area contributed by atoms with Crippen LogP contribution in [0.1, 0.15) is 26.7 Å². The predicted molar refractivity (Wildman–Crippen MR) is 37.0 cm³/mol. The van der Waals surface area contributed by atoms with Crippen LogP contribution in [0.3, 0.4) is 0 Å². The predicted octanol–water partition coefficient (Wildman–Crippen LogP) is 0.495. The van der Waals surface area contributed by atoms with Crippen LogP contribution in [0.5, 0.6) is 0 Å². The molecule has 3 N–H and O–H groups in total. The van der Waals surface area contributed by atoms with Gasteiger partial charge in [-0.15, -0.1) is 0 Å². The van der Waals surface area contributed by atoms with Crippen molar-refractivity contribution in [3.63, 3.8) is 0 Å². The molecule has 1 fully saturated rings. The third-order valence-corrected chi connectivity index (χ3v) is 2.12. The Balaban J connectivity index is 2.54. The summed E-state index contributed by atoms with van der Waals surface area (Å²) in [5.41, 5.74) is 5.69. The highest BCUT2D eigenvalue weighted by Crippen LogP contribution is 2.31. The molecule has 1 aliphatic carbocycles. The minimum Gasteiger partial charge on any atom is -0.393 e. The maximum absolute atomic E-state index is 9.25. The largest absolute Gasteiger partial charge is 0.393 e. The quantitative estimate of drug-likeness (QED) is 0.500. The first kappa shape index (κ1) is 7.03. The van der Waals surface area contributed by atoms with E-state index in [2.05, 4.69) is 0 Å². The van der Waals surface area contributed by atoms with Gasteiger partial charge in [0.2, 0.25) is 0 Å². The summed E-state index contributed by atoms with van der Waals surface area (Å²) in [6, 6.07) is 0. The number of aliphatic hydroxyl groups excluding tert-OH is 1. The first-order valence-electron chi connectivity index (χ1n) is 3.48. The highest BCUT2D eigenvalue weighted by atomic mass is 16.3. The van der Waals surface area contributed by atoms with Crippen LogP contribution < -0.4 is 5.73 Å². The number of hydrogen-bond acceptors (Lipinski definition) is 2. The maximum Gasteiger partial charge on any atom is 0.0583 e. The van der Waals surface area contributed by atoms with E-state index in [0.29, 0.717) is 5.92 Å². The van der Waals surface area contributed by atoms with Crippen molar-refractivity contribution in [3.8, 4) is 0 Å². The van der Waals surface area contributed by atoms with Gasteiger partial charge in [-0.1, -0.05) is 6.92 Å². The fourth-order valence-corrected chi connectivity index (χ4v) is 1.63. The molecule has 0 radical (unpaired) electrons. The van der Waals surface area contributed by atoms with Gasteiger partial charge in [-0.25, -0.2) is 0 Å². The van der Waals surface area contributed by atoms with E-state index in [-0.39, 0.29) is 11.6 Å². The molecule has 0 aromatic carbocycles. The fraction of sp³-hybridized carbons (Fsp3) is 1.00. The molecule has 0 aliphatic heterocycles. The van der Waals surface area contributed by atoms with Crippen molar-refractivity contribution in [2.45, 2.75) is 38.3 Å². The second-order valence-corrected chi connectivity index (χ2v) is 3.61. The van der Waals surface area contributed by atoms with Gasteiger partial charge in [0.15, 0.2) is 0 Å². The van der Waals surface area contributed by atoms with E-state index in [9.17, 15) is 5.11 Å². The summed E-state index contributed by atoms with van der Waals surface area (Å²) in [5.74, 6) is 0.389. The Kier molecular flexibility index (Phi) is 1.53. The standard InChI is InChI=1S/C7H15NO/c1-5-3-7(2,8)4-6(5)9/h5-6,9H,3-4,8H2,1-2H3/t5-,6+,7+/m1/s1. The molecule has 0 aromatic heterocycles. The number of rotatable bonds is 0. The normalized spacial score (nSPS) is 52.0. The maximum atomic E-state index is 9.25. The van der Waals surface area contributed by atoms with Crippen LogP contribution in [0.25, 0.3) is 0 Å². The molecular formula is C7H15NO. The monoisotopic (exact) mass is 129 g/mol. The molecule has 9 heavy (non-hydrogen) atoms. The Morgan fingerprint density at radius 3 is 2.22 bits per heavy atom. The minimum absolute atomic E-state index is 0.112. The van der Waals surface area contributed by atoms with Gasteiger partial charge in [-0.2, -0.15) is 0 Å². The molecule has 0 spiro atoms. The van der Waals surface area contributed by atoms with E-state index in [1.807, 2.05) is 13.8 Å². The van der Waals surface area contributed by atoms with Gasteiger partial charge in [-0.3, -0.25) is 0 Å². The summed E-state index contributed by atoms with van der Waals surface area (Å²) in [6.07, 6.45) is 1.54. The summed E-state index contributed by atoms with van der Waals surface area (Å²) in [5, 5.41) is 9.25. The van der Waals surface area contributed by atoms with Crippen molar-refractivity contribution in [1.29, 1.82) is 0 Å². The number of nitrogens with two attached hydrogens (primary N) is 1. The third-order valence-electron chi connectivity index (χ3n) is 2.12. The lowest BCUT2D eigenvalue weighted by Crippen LogP contribution is -2.32. The molecule has 54 valence electrons. The Morgan fingerprint density at radius 2 is 2.11 bits per heavy atom. The summed E-state index contributed by atoms with van der Waals surface area (Å²) >= 11 is 0. The fourth-order valence-electron chi connectivity index (χ4n) is 1.63. The zero-order chi connectivity index (χ0) is 7.07. The van der Waals surface area contributed by atoms with E-state index in [0.717, 1.165) is 12.8 Å². The van der Waals surface area contributed by atoms with Gasteiger partial charge in [0.25, 0.3) is 0 Å². The van der Waals surface area contributed by atoms with Gasteiger partial charge < -0.3 is 10.8 Å². The van der Waals surface area contributed by atoms with E-state index in [1.54, 1.807) is 0 Å². The summed E-state index contributed by atoms with van der Waals surface area (Å²) in [7, 11) is 0. The van der Waals surface area contributed by atoms with Gasteiger partial charge in [0.05, 0.1) is 6.10 Å². The van der Waals surface area contributed by atoms with Crippen LogP contribution in [-0.4, -0.2) is 16.7 Å². The van der Waals surface area contributed by atoms with Crippen molar-refractivity contribution >= 4 is 0 Å². The number of hydrogen-bond donors (Lipinski definition) is 2. The molecule has 3 atom stereocenters. The Hall–Kier alpha value is -0.0800. The van der Waals surface area contributed by atoms with Crippen molar-refractivity contribution in [3.05, 3.63) is 0 Å². The van der Waals surface area contributed by atoms with Crippen LogP contribution in [0, 0.1) is 5.92 Å². The molecule has 1 rings (SSSR count). The molecule has 0 amide bonds. The van der Waals surface area contributed by atoms with Crippen molar-refractivity contribution < 1.29 is 5.11 Å². The summed E-state index contributed by atoms with van der Waals surface area (Å²) in [6.45, 7) is 4.04. The average Bonchev–Trinajstić information content (AvgIpc) is 1.79. The lowest BCUT2D eigenvalue weighted by molar-refractivity contribution is 0.138. The zero-order valence-electron chi connectivity index (χ0n) is 6.09. The van der Waals surface area contributed by atoms with Crippen molar-refractivity contribution in [2.24, 2.45) is 11.7 Å². The Bertz CT molecular complexity index is 99.5. The third kappa shape index (κ3) is 1.43. The Labute approximate surface area is 56.1 Å². The highest BCUT2D eigenvalue weighted by Gasteiger charge is 2.35. The van der Waals surface area contributed by atoms with E-state index >= 15 is 0 Å². The average molecular weight is 129 g/mol. The lowest BCUT2D eigenvalue weighted by Gasteiger charge is -2.15. The number of aliphatic hydroxyl groups is 1. The second-order valence-electron chi connectivity index (χ2n) is 3.61. The van der Waals surface area contributed by atoms with Gasteiger partial charge >= 0.3 is 0 Å². The molecular weight excluding hydrogens is 114 g/mol. The van der Waals surface area contributed by atoms with Crippen LogP contribution in [-0.2, 0) is 0 Å². The SMILES string of the molecule is C[C@@H]1C[C@](C)(N)C[C@@H]1O. The molecule has 0 saturated heterocycles. The van der Waals surface area contributed by atoms with Crippen molar-refractivity contribution in [2.75, 3.05) is 0 Å². The van der Waals surface area contributed by atoms with Crippen LogP contribution >= 0.6 is 0 Å². The second kappa shape index (κ2) is 1.96. The smallest absolute Gasteiger partial charge is 0.0583 e. The molecule has 2 nitrogen and oxygen atoms in total. The van der Waals surface area contributed by atoms with Gasteiger partial charge in [0.1, 0.15) is 0 Å². The van der Waals surface area contributed by atoms with Crippen molar-refractivity contribution in [1.82, 2.24) is 0 Å². The van der Waals surface area contributed by atoms with Crippen LogP contribution in [0.15, 0.2) is 0 Å². The first-order valence-corrected chi connectivity index (χ1v) is 3.48. The van der Waals surface area contributed by atoms with Crippen LogP contribution in [0.2, 0.25) is 0 Å². The summed E-state index contributed by atoms with van der Waals surface area (Å²) < 4.78 is 0. The van der Waals surface area contributed by atoms with E-state index in [1.165, 1.54) is 0 Å². The molecule has 0 heterocycles. The molecule has 1 aliphatic rings. The molecule has 0 bridgehead atoms. The van der Waals surface area contributed by atoms with E-state index < -0.39 is 0 Å². The molecule has 0 aromatic rings. The van der Waals surface area contributed by atoms with E-state index in [4.69, 9.17) is 5.73 Å². The highest BCUT2D eigenvalue weighted by molar-refractivity contribution is 4.93.